The quantitative estimate of drug-likeness (QED) is 0.235. The molecule has 7 nitrogen and oxygen atoms in total. The number of hydrogen-bond donors (Lipinski definition) is 1. The standard InChI is InChI=1S/C29H28N4O3S/c1-35-28-8-3-6-24(16-28)19-36-20-25-21-37-29(31-25)32(18-23-5-2-7-27(34)15-23)17-22-9-11-26(12-10-22)33-14-4-13-30-33/h2-16,21,34H,17-20H2,1H3. The first-order valence-corrected chi connectivity index (χ1v) is 12.8. The van der Waals surface area contributed by atoms with Gasteiger partial charge in [0, 0.05) is 30.9 Å². The first-order valence-electron chi connectivity index (χ1n) is 11.9. The van der Waals surface area contributed by atoms with Gasteiger partial charge in [0.05, 0.1) is 31.7 Å². The number of phenols is 1. The minimum Gasteiger partial charge on any atom is -0.508 e. The van der Waals surface area contributed by atoms with Crippen molar-refractivity contribution in [2.24, 2.45) is 0 Å². The molecule has 37 heavy (non-hydrogen) atoms. The van der Waals surface area contributed by atoms with E-state index < -0.39 is 0 Å². The van der Waals surface area contributed by atoms with Crippen molar-refractivity contribution in [3.05, 3.63) is 119 Å². The second kappa shape index (κ2) is 11.7. The third-order valence-corrected chi connectivity index (χ3v) is 6.78. The topological polar surface area (TPSA) is 72.6 Å². The molecule has 0 spiro atoms. The summed E-state index contributed by atoms with van der Waals surface area (Å²) in [6.45, 7) is 2.20. The minimum absolute atomic E-state index is 0.256. The fraction of sp³-hybridized carbons (Fsp3) is 0.172. The number of aromatic nitrogens is 3. The fourth-order valence-corrected chi connectivity index (χ4v) is 4.82. The highest BCUT2D eigenvalue weighted by Crippen LogP contribution is 2.26. The lowest BCUT2D eigenvalue weighted by atomic mass is 10.1. The van der Waals surface area contributed by atoms with Gasteiger partial charge in [-0.25, -0.2) is 9.67 Å². The summed E-state index contributed by atoms with van der Waals surface area (Å²) in [6, 6.07) is 25.5. The van der Waals surface area contributed by atoms with Gasteiger partial charge in [-0.1, -0.05) is 36.4 Å². The monoisotopic (exact) mass is 512 g/mol. The highest BCUT2D eigenvalue weighted by atomic mass is 32.1. The molecule has 8 heteroatoms. The molecule has 0 aliphatic carbocycles. The zero-order chi connectivity index (χ0) is 25.5. The molecule has 0 bridgehead atoms. The van der Waals surface area contributed by atoms with E-state index in [0.29, 0.717) is 26.3 Å². The number of methoxy groups -OCH3 is 1. The van der Waals surface area contributed by atoms with E-state index >= 15 is 0 Å². The highest BCUT2D eigenvalue weighted by Gasteiger charge is 2.14. The molecule has 5 aromatic rings. The molecule has 0 saturated carbocycles. The van der Waals surface area contributed by atoms with Crippen LogP contribution in [0.25, 0.3) is 5.69 Å². The predicted molar refractivity (Wildman–Crippen MR) is 145 cm³/mol. The largest absolute Gasteiger partial charge is 0.508 e. The minimum atomic E-state index is 0.256. The van der Waals surface area contributed by atoms with Crippen LogP contribution in [0.4, 0.5) is 5.13 Å². The number of rotatable bonds is 11. The Kier molecular flexibility index (Phi) is 7.78. The Bertz CT molecular complexity index is 1420. The van der Waals surface area contributed by atoms with Gasteiger partial charge in [0.25, 0.3) is 0 Å². The van der Waals surface area contributed by atoms with E-state index in [4.69, 9.17) is 14.5 Å². The number of benzene rings is 3. The van der Waals surface area contributed by atoms with Crippen molar-refractivity contribution in [1.29, 1.82) is 0 Å². The Morgan fingerprint density at radius 1 is 0.892 bits per heavy atom. The Hall–Kier alpha value is -4.14. The summed E-state index contributed by atoms with van der Waals surface area (Å²) >= 11 is 1.59. The Labute approximate surface area is 220 Å². The number of phenolic OH excluding ortho intramolecular Hbond substituents is 1. The zero-order valence-electron chi connectivity index (χ0n) is 20.5. The maximum atomic E-state index is 9.97. The van der Waals surface area contributed by atoms with E-state index in [2.05, 4.69) is 34.3 Å². The normalized spacial score (nSPS) is 10.9. The van der Waals surface area contributed by atoms with Gasteiger partial charge in [-0.15, -0.1) is 11.3 Å². The molecule has 188 valence electrons. The summed E-state index contributed by atoms with van der Waals surface area (Å²) in [4.78, 5) is 7.08. The average Bonchev–Trinajstić information content (AvgIpc) is 3.62. The number of hydrogen-bond acceptors (Lipinski definition) is 7. The number of aromatic hydroxyl groups is 1. The molecule has 5 rings (SSSR count). The lowest BCUT2D eigenvalue weighted by Gasteiger charge is -2.22. The van der Waals surface area contributed by atoms with Crippen LogP contribution < -0.4 is 9.64 Å². The molecule has 1 N–H and O–H groups in total. The van der Waals surface area contributed by atoms with Crippen LogP contribution in [-0.4, -0.2) is 27.0 Å². The summed E-state index contributed by atoms with van der Waals surface area (Å²) in [5, 5.41) is 17.2. The van der Waals surface area contributed by atoms with Crippen LogP contribution >= 0.6 is 11.3 Å². The molecule has 0 unspecified atom stereocenters. The smallest absolute Gasteiger partial charge is 0.186 e. The Morgan fingerprint density at radius 3 is 2.49 bits per heavy atom. The van der Waals surface area contributed by atoms with Gasteiger partial charge in [0.15, 0.2) is 5.13 Å². The van der Waals surface area contributed by atoms with Crippen molar-refractivity contribution < 1.29 is 14.6 Å². The molecule has 2 heterocycles. The third-order valence-electron chi connectivity index (χ3n) is 5.83. The molecule has 2 aromatic heterocycles. The number of anilines is 1. The van der Waals surface area contributed by atoms with Crippen molar-refractivity contribution in [1.82, 2.24) is 14.8 Å². The van der Waals surface area contributed by atoms with Crippen molar-refractivity contribution in [2.75, 3.05) is 12.0 Å². The van der Waals surface area contributed by atoms with Gasteiger partial charge in [0.2, 0.25) is 0 Å². The van der Waals surface area contributed by atoms with Gasteiger partial charge in [0.1, 0.15) is 11.5 Å². The van der Waals surface area contributed by atoms with Crippen LogP contribution in [0.5, 0.6) is 11.5 Å². The summed E-state index contributed by atoms with van der Waals surface area (Å²) in [6.07, 6.45) is 3.70. The summed E-state index contributed by atoms with van der Waals surface area (Å²) in [7, 11) is 1.66. The molecular weight excluding hydrogens is 484 g/mol. The van der Waals surface area contributed by atoms with Crippen LogP contribution in [0.15, 0.2) is 96.6 Å². The van der Waals surface area contributed by atoms with Crippen LogP contribution in [0.1, 0.15) is 22.4 Å². The molecule has 0 radical (unpaired) electrons. The van der Waals surface area contributed by atoms with Crippen molar-refractivity contribution in [2.45, 2.75) is 26.3 Å². The number of nitrogens with zero attached hydrogens (tertiary/aromatic N) is 4. The van der Waals surface area contributed by atoms with Gasteiger partial charge in [-0.05, 0) is 59.2 Å². The van der Waals surface area contributed by atoms with Crippen LogP contribution in [0, 0.1) is 0 Å². The third kappa shape index (κ3) is 6.55. The maximum Gasteiger partial charge on any atom is 0.186 e. The molecule has 3 aromatic carbocycles. The molecule has 0 fully saturated rings. The van der Waals surface area contributed by atoms with E-state index in [-0.39, 0.29) is 5.75 Å². The van der Waals surface area contributed by atoms with Gasteiger partial charge in [-0.3, -0.25) is 0 Å². The zero-order valence-corrected chi connectivity index (χ0v) is 21.3. The summed E-state index contributed by atoms with van der Waals surface area (Å²) < 4.78 is 13.1. The Morgan fingerprint density at radius 2 is 1.70 bits per heavy atom. The number of thiazole rings is 1. The molecule has 0 aliphatic heterocycles. The lowest BCUT2D eigenvalue weighted by molar-refractivity contribution is 0.105. The van der Waals surface area contributed by atoms with Gasteiger partial charge >= 0.3 is 0 Å². The van der Waals surface area contributed by atoms with Gasteiger partial charge < -0.3 is 19.5 Å². The molecule has 0 amide bonds. The van der Waals surface area contributed by atoms with Crippen LogP contribution in [0.2, 0.25) is 0 Å². The fourth-order valence-electron chi connectivity index (χ4n) is 4.01. The second-order valence-corrected chi connectivity index (χ2v) is 9.45. The highest BCUT2D eigenvalue weighted by molar-refractivity contribution is 7.13. The molecule has 0 saturated heterocycles. The van der Waals surface area contributed by atoms with E-state index in [1.165, 1.54) is 0 Å². The first kappa shape index (κ1) is 24.5. The van der Waals surface area contributed by atoms with E-state index in [1.54, 1.807) is 36.8 Å². The molecule has 0 aliphatic rings. The average molecular weight is 513 g/mol. The van der Waals surface area contributed by atoms with E-state index in [1.807, 2.05) is 58.7 Å². The van der Waals surface area contributed by atoms with Gasteiger partial charge in [-0.2, -0.15) is 5.10 Å². The second-order valence-electron chi connectivity index (χ2n) is 8.61. The SMILES string of the molecule is COc1cccc(COCc2csc(N(Cc3ccc(-n4cccn4)cc3)Cc3cccc(O)c3)n2)c1. The van der Waals surface area contributed by atoms with Crippen molar-refractivity contribution in [3.63, 3.8) is 0 Å². The predicted octanol–water partition coefficient (Wildman–Crippen LogP) is 5.97. The van der Waals surface area contributed by atoms with Crippen molar-refractivity contribution in [3.8, 4) is 17.2 Å². The lowest BCUT2D eigenvalue weighted by Crippen LogP contribution is -2.22. The maximum absolute atomic E-state index is 9.97. The van der Waals surface area contributed by atoms with Crippen LogP contribution in [-0.2, 0) is 31.0 Å². The Balaban J connectivity index is 1.29. The van der Waals surface area contributed by atoms with Crippen molar-refractivity contribution >= 4 is 16.5 Å². The van der Waals surface area contributed by atoms with E-state index in [9.17, 15) is 5.11 Å². The summed E-state index contributed by atoms with van der Waals surface area (Å²) in [5.41, 5.74) is 5.12. The molecular formula is C29H28N4O3S. The van der Waals surface area contributed by atoms with E-state index in [0.717, 1.165) is 39.0 Å². The summed E-state index contributed by atoms with van der Waals surface area (Å²) in [5.74, 6) is 1.07. The number of ether oxygens (including phenoxy) is 2. The molecule has 0 atom stereocenters. The first-order chi connectivity index (χ1) is 18.2. The van der Waals surface area contributed by atoms with Crippen LogP contribution in [0.3, 0.4) is 0 Å².